The zero-order chi connectivity index (χ0) is 22.7. The number of benzene rings is 1. The van der Waals surface area contributed by atoms with Gasteiger partial charge in [-0.05, 0) is 43.0 Å². The number of rotatable bonds is 6. The highest BCUT2D eigenvalue weighted by Gasteiger charge is 2.52. The number of alkyl halides is 3. The topological polar surface area (TPSA) is 106 Å². The number of pyridine rings is 1. The molecular formula is C20H22ClF3N2O5S. The Hall–Kier alpha value is -2.21. The Balaban J connectivity index is 0.00000363. The second kappa shape index (κ2) is 10.2. The molecule has 3 rings (SSSR count). The molecule has 2 heterocycles. The van der Waals surface area contributed by atoms with Crippen LogP contribution in [0.15, 0.2) is 47.5 Å². The monoisotopic (exact) mass is 494 g/mol. The van der Waals surface area contributed by atoms with Crippen LogP contribution in [0.5, 0.6) is 0 Å². The number of sulfone groups is 1. The van der Waals surface area contributed by atoms with Gasteiger partial charge in [-0.25, -0.2) is 13.9 Å². The van der Waals surface area contributed by atoms with Crippen LogP contribution in [-0.4, -0.2) is 48.7 Å². The van der Waals surface area contributed by atoms with Crippen LogP contribution in [0.1, 0.15) is 24.8 Å². The van der Waals surface area contributed by atoms with Crippen molar-refractivity contribution in [3.8, 4) is 11.3 Å². The molecule has 7 nitrogen and oxygen atoms in total. The van der Waals surface area contributed by atoms with Gasteiger partial charge in [0.05, 0.1) is 10.6 Å². The van der Waals surface area contributed by atoms with E-state index in [0.29, 0.717) is 16.8 Å². The highest BCUT2D eigenvalue weighted by molar-refractivity contribution is 7.93. The van der Waals surface area contributed by atoms with Gasteiger partial charge in [-0.1, -0.05) is 18.2 Å². The van der Waals surface area contributed by atoms with Gasteiger partial charge in [0.15, 0.2) is 14.6 Å². The van der Waals surface area contributed by atoms with Crippen molar-refractivity contribution in [3.05, 3.63) is 48.2 Å². The molecule has 12 heteroatoms. The van der Waals surface area contributed by atoms with Gasteiger partial charge >= 0.3 is 6.18 Å². The van der Waals surface area contributed by atoms with Crippen molar-refractivity contribution in [2.45, 2.75) is 41.5 Å². The Bertz CT molecular complexity index is 1020. The Morgan fingerprint density at radius 2 is 1.75 bits per heavy atom. The van der Waals surface area contributed by atoms with Crippen LogP contribution in [-0.2, 0) is 25.8 Å². The van der Waals surface area contributed by atoms with E-state index in [1.165, 1.54) is 35.9 Å². The minimum absolute atomic E-state index is 0. The van der Waals surface area contributed by atoms with Crippen molar-refractivity contribution in [3.63, 3.8) is 0 Å². The first kappa shape index (κ1) is 26.0. The fourth-order valence-corrected chi connectivity index (χ4v) is 5.42. The molecule has 1 aliphatic rings. The summed E-state index contributed by atoms with van der Waals surface area (Å²) in [6.45, 7) is 0.130. The number of aromatic nitrogens is 1. The first-order chi connectivity index (χ1) is 14.6. The normalized spacial score (nSPS) is 16.1. The highest BCUT2D eigenvalue weighted by Crippen LogP contribution is 2.36. The fraction of sp³-hybridized carbons (Fsp3) is 0.400. The van der Waals surface area contributed by atoms with Gasteiger partial charge in [-0.2, -0.15) is 13.2 Å². The lowest BCUT2D eigenvalue weighted by molar-refractivity contribution is -0.135. The summed E-state index contributed by atoms with van der Waals surface area (Å²) in [7, 11) is -4.14. The van der Waals surface area contributed by atoms with Gasteiger partial charge in [-0.15, -0.1) is 12.4 Å². The molecule has 2 N–H and O–H groups in total. The van der Waals surface area contributed by atoms with Crippen LogP contribution < -0.4 is 5.48 Å². The van der Waals surface area contributed by atoms with Gasteiger partial charge < -0.3 is 4.74 Å². The molecule has 0 unspecified atom stereocenters. The number of hydroxylamine groups is 1. The minimum Gasteiger partial charge on any atom is -0.381 e. The van der Waals surface area contributed by atoms with Crippen molar-refractivity contribution in [2.75, 3.05) is 13.2 Å². The van der Waals surface area contributed by atoms with Gasteiger partial charge in [0, 0.05) is 31.4 Å². The zero-order valence-electron chi connectivity index (χ0n) is 16.8. The van der Waals surface area contributed by atoms with E-state index < -0.39 is 33.1 Å². The van der Waals surface area contributed by atoms with E-state index in [0.717, 1.165) is 0 Å². The van der Waals surface area contributed by atoms with E-state index in [1.54, 1.807) is 12.1 Å². The van der Waals surface area contributed by atoms with Crippen LogP contribution in [0.25, 0.3) is 11.3 Å². The molecule has 0 aliphatic carbocycles. The number of hydrogen-bond acceptors (Lipinski definition) is 6. The summed E-state index contributed by atoms with van der Waals surface area (Å²) in [6, 6.07) is 8.80. The summed E-state index contributed by atoms with van der Waals surface area (Å²) in [5.41, 5.74) is 2.93. The SMILES string of the molecule is Cl.O=C(NO)C1(S(=O)(=O)c2ccc(-c3ccc(CCC(F)(F)F)cn3)cc2)CCOCC1. The van der Waals surface area contributed by atoms with Gasteiger partial charge in [0.25, 0.3) is 5.91 Å². The summed E-state index contributed by atoms with van der Waals surface area (Å²) in [5, 5.41) is 9.08. The van der Waals surface area contributed by atoms with Crippen LogP contribution >= 0.6 is 12.4 Å². The van der Waals surface area contributed by atoms with E-state index in [9.17, 15) is 26.4 Å². The molecule has 0 bridgehead atoms. The smallest absolute Gasteiger partial charge is 0.381 e. The Kier molecular flexibility index (Phi) is 8.27. The number of halogens is 4. The van der Waals surface area contributed by atoms with Crippen molar-refractivity contribution in [1.82, 2.24) is 10.5 Å². The van der Waals surface area contributed by atoms with Crippen molar-refractivity contribution in [2.24, 2.45) is 0 Å². The number of hydrogen-bond donors (Lipinski definition) is 2. The van der Waals surface area contributed by atoms with E-state index in [4.69, 9.17) is 9.94 Å². The lowest BCUT2D eigenvalue weighted by Gasteiger charge is -2.34. The summed E-state index contributed by atoms with van der Waals surface area (Å²) < 4.78 is 66.8. The maximum absolute atomic E-state index is 13.2. The van der Waals surface area contributed by atoms with E-state index >= 15 is 0 Å². The number of carbonyl (C=O) groups excluding carboxylic acids is 1. The van der Waals surface area contributed by atoms with Crippen LogP contribution in [0.4, 0.5) is 13.2 Å². The predicted octanol–water partition coefficient (Wildman–Crippen LogP) is 3.49. The number of nitrogens with one attached hydrogen (secondary N) is 1. The highest BCUT2D eigenvalue weighted by atomic mass is 35.5. The van der Waals surface area contributed by atoms with Gasteiger partial charge in [-0.3, -0.25) is 15.0 Å². The third-order valence-corrected chi connectivity index (χ3v) is 7.83. The van der Waals surface area contributed by atoms with Crippen molar-refractivity contribution in [1.29, 1.82) is 0 Å². The quantitative estimate of drug-likeness (QED) is 0.470. The second-order valence-electron chi connectivity index (χ2n) is 7.24. The van der Waals surface area contributed by atoms with Crippen molar-refractivity contribution < 1.29 is 36.3 Å². The molecule has 0 atom stereocenters. The summed E-state index contributed by atoms with van der Waals surface area (Å²) in [4.78, 5) is 16.3. The Morgan fingerprint density at radius 3 is 2.25 bits per heavy atom. The van der Waals surface area contributed by atoms with E-state index in [2.05, 4.69) is 4.98 Å². The maximum atomic E-state index is 13.2. The van der Waals surface area contributed by atoms with Crippen LogP contribution in [0.2, 0.25) is 0 Å². The molecule has 0 spiro atoms. The molecule has 2 aromatic rings. The van der Waals surface area contributed by atoms with E-state index in [1.807, 2.05) is 0 Å². The standard InChI is InChI=1S/C20H21F3N2O5S.ClH/c21-20(22,23)8-7-14-1-6-17(24-13-14)15-2-4-16(5-3-15)31(28,29)19(18(26)25-27)9-11-30-12-10-19;/h1-6,13,27H,7-12H2,(H,25,26);1H. The zero-order valence-corrected chi connectivity index (χ0v) is 18.4. The minimum atomic E-state index is -4.24. The first-order valence-electron chi connectivity index (χ1n) is 9.48. The molecule has 0 saturated carbocycles. The number of amides is 1. The molecular weight excluding hydrogens is 473 g/mol. The summed E-state index contributed by atoms with van der Waals surface area (Å²) in [5.74, 6) is -1.00. The molecule has 1 amide bonds. The van der Waals surface area contributed by atoms with Crippen LogP contribution in [0, 0.1) is 0 Å². The predicted molar refractivity (Wildman–Crippen MR) is 111 cm³/mol. The molecule has 1 fully saturated rings. The number of aryl methyl sites for hydroxylation is 1. The fourth-order valence-electron chi connectivity index (χ4n) is 3.48. The van der Waals surface area contributed by atoms with Crippen LogP contribution in [0.3, 0.4) is 0 Å². The molecule has 1 aromatic heterocycles. The maximum Gasteiger partial charge on any atom is 0.389 e. The summed E-state index contributed by atoms with van der Waals surface area (Å²) in [6.07, 6.45) is -4.18. The molecule has 1 aromatic carbocycles. The Morgan fingerprint density at radius 1 is 1.12 bits per heavy atom. The number of nitrogens with zero attached hydrogens (tertiary/aromatic N) is 1. The summed E-state index contributed by atoms with van der Waals surface area (Å²) >= 11 is 0. The number of ether oxygens (including phenoxy) is 1. The average Bonchev–Trinajstić information content (AvgIpc) is 2.77. The third-order valence-electron chi connectivity index (χ3n) is 5.31. The molecule has 176 valence electrons. The van der Waals surface area contributed by atoms with Crippen molar-refractivity contribution >= 4 is 28.2 Å². The first-order valence-corrected chi connectivity index (χ1v) is 11.0. The molecule has 1 saturated heterocycles. The lowest BCUT2D eigenvalue weighted by Crippen LogP contribution is -2.54. The Labute approximate surface area is 189 Å². The molecule has 32 heavy (non-hydrogen) atoms. The largest absolute Gasteiger partial charge is 0.389 e. The lowest BCUT2D eigenvalue weighted by atomic mass is 9.98. The van der Waals surface area contributed by atoms with Gasteiger partial charge in [0.2, 0.25) is 0 Å². The molecule has 1 aliphatic heterocycles. The third kappa shape index (κ3) is 5.40. The second-order valence-corrected chi connectivity index (χ2v) is 9.50. The van der Waals surface area contributed by atoms with E-state index in [-0.39, 0.29) is 49.8 Å². The molecule has 0 radical (unpaired) electrons. The average molecular weight is 495 g/mol. The van der Waals surface area contributed by atoms with Gasteiger partial charge in [0.1, 0.15) is 0 Å². The number of carbonyl (C=O) groups is 1.